The highest BCUT2D eigenvalue weighted by molar-refractivity contribution is 5.78. The van der Waals surface area contributed by atoms with Crippen LogP contribution in [-0.4, -0.2) is 37.0 Å². The number of amides is 1. The van der Waals surface area contributed by atoms with E-state index in [0.717, 1.165) is 25.3 Å². The van der Waals surface area contributed by atoms with Crippen LogP contribution in [0.4, 0.5) is 0 Å². The fraction of sp³-hybridized carbons (Fsp3) is 0.667. The highest BCUT2D eigenvalue weighted by atomic mass is 16.3. The fourth-order valence-corrected chi connectivity index (χ4v) is 2.74. The number of nitrogens with zero attached hydrogens (tertiary/aromatic N) is 1. The molecule has 1 aromatic rings. The zero-order valence-corrected chi connectivity index (χ0v) is 12.2. The first-order valence-corrected chi connectivity index (χ1v) is 7.51. The van der Waals surface area contributed by atoms with Gasteiger partial charge in [0.1, 0.15) is 5.76 Å². The minimum atomic E-state index is -0.0918. The summed E-state index contributed by atoms with van der Waals surface area (Å²) in [7, 11) is 0. The molecule has 2 rings (SSSR count). The molecule has 2 atom stereocenters. The van der Waals surface area contributed by atoms with E-state index in [4.69, 9.17) is 10.2 Å². The summed E-state index contributed by atoms with van der Waals surface area (Å²) < 4.78 is 5.54. The second-order valence-corrected chi connectivity index (χ2v) is 5.36. The lowest BCUT2D eigenvalue weighted by Gasteiger charge is -2.26. The van der Waals surface area contributed by atoms with E-state index in [0.29, 0.717) is 13.1 Å². The van der Waals surface area contributed by atoms with Gasteiger partial charge in [0.15, 0.2) is 0 Å². The van der Waals surface area contributed by atoms with Gasteiger partial charge >= 0.3 is 0 Å². The molecule has 112 valence electrons. The van der Waals surface area contributed by atoms with Crippen molar-refractivity contribution in [1.82, 2.24) is 10.2 Å². The van der Waals surface area contributed by atoms with E-state index in [2.05, 4.69) is 10.2 Å². The van der Waals surface area contributed by atoms with Crippen LogP contribution in [0.1, 0.15) is 38.0 Å². The predicted molar refractivity (Wildman–Crippen MR) is 78.1 cm³/mol. The van der Waals surface area contributed by atoms with Crippen LogP contribution in [0.2, 0.25) is 0 Å². The third kappa shape index (κ3) is 3.61. The highest BCUT2D eigenvalue weighted by Crippen LogP contribution is 2.24. The molecule has 0 saturated carbocycles. The van der Waals surface area contributed by atoms with Crippen molar-refractivity contribution >= 4 is 5.91 Å². The van der Waals surface area contributed by atoms with Gasteiger partial charge in [-0.1, -0.05) is 6.92 Å². The average molecular weight is 279 g/mol. The van der Waals surface area contributed by atoms with Gasteiger partial charge in [-0.15, -0.1) is 0 Å². The maximum atomic E-state index is 12.1. The quantitative estimate of drug-likeness (QED) is 0.794. The number of nitrogens with two attached hydrogens (primary N) is 1. The Morgan fingerprint density at radius 3 is 2.80 bits per heavy atom. The summed E-state index contributed by atoms with van der Waals surface area (Å²) in [6, 6.07) is 4.01. The lowest BCUT2D eigenvalue weighted by atomic mass is 10.1. The Bertz CT molecular complexity index is 395. The van der Waals surface area contributed by atoms with Crippen molar-refractivity contribution < 1.29 is 9.21 Å². The number of rotatable bonds is 7. The van der Waals surface area contributed by atoms with Gasteiger partial charge in [0.2, 0.25) is 5.91 Å². The molecular weight excluding hydrogens is 254 g/mol. The first kappa shape index (κ1) is 15.1. The Hall–Kier alpha value is -1.33. The third-order valence-corrected chi connectivity index (χ3v) is 4.07. The molecule has 0 aromatic carbocycles. The minimum Gasteiger partial charge on any atom is -0.468 e. The van der Waals surface area contributed by atoms with E-state index in [1.54, 1.807) is 6.26 Å². The van der Waals surface area contributed by atoms with E-state index in [1.165, 1.54) is 12.8 Å². The number of hydrogen-bond acceptors (Lipinski definition) is 4. The Balaban J connectivity index is 1.96. The summed E-state index contributed by atoms with van der Waals surface area (Å²) in [5.74, 6) is 0.879. The van der Waals surface area contributed by atoms with Crippen LogP contribution in [0, 0.1) is 5.92 Å². The summed E-state index contributed by atoms with van der Waals surface area (Å²) >= 11 is 0. The molecule has 0 aliphatic carbocycles. The molecule has 20 heavy (non-hydrogen) atoms. The van der Waals surface area contributed by atoms with Gasteiger partial charge in [0, 0.05) is 19.0 Å². The standard InChI is InChI=1S/C15H25N3O2/c1-2-12(10-16)15(19)17-11-13(14-6-5-9-20-14)18-7-3-4-8-18/h5-6,9,12-13H,2-4,7-8,10-11,16H2,1H3,(H,17,19). The van der Waals surface area contributed by atoms with Crippen molar-refractivity contribution in [2.24, 2.45) is 11.7 Å². The third-order valence-electron chi connectivity index (χ3n) is 4.07. The van der Waals surface area contributed by atoms with Crippen molar-refractivity contribution in [3.8, 4) is 0 Å². The van der Waals surface area contributed by atoms with Gasteiger partial charge in [-0.05, 0) is 44.5 Å². The molecule has 1 aliphatic heterocycles. The first-order chi connectivity index (χ1) is 9.76. The Morgan fingerprint density at radius 2 is 2.25 bits per heavy atom. The van der Waals surface area contributed by atoms with Crippen LogP contribution in [-0.2, 0) is 4.79 Å². The molecule has 5 nitrogen and oxygen atoms in total. The Kier molecular flexibility index (Phi) is 5.61. The van der Waals surface area contributed by atoms with Gasteiger partial charge in [-0.2, -0.15) is 0 Å². The van der Waals surface area contributed by atoms with Gasteiger partial charge in [-0.25, -0.2) is 0 Å². The van der Waals surface area contributed by atoms with Crippen molar-refractivity contribution in [2.45, 2.75) is 32.2 Å². The molecule has 0 bridgehead atoms. The zero-order chi connectivity index (χ0) is 14.4. The van der Waals surface area contributed by atoms with Crippen molar-refractivity contribution in [2.75, 3.05) is 26.2 Å². The summed E-state index contributed by atoms with van der Waals surface area (Å²) in [5.41, 5.74) is 5.62. The molecule has 1 amide bonds. The zero-order valence-electron chi connectivity index (χ0n) is 12.2. The minimum absolute atomic E-state index is 0.0470. The van der Waals surface area contributed by atoms with Gasteiger partial charge < -0.3 is 15.5 Å². The van der Waals surface area contributed by atoms with Crippen molar-refractivity contribution in [1.29, 1.82) is 0 Å². The molecule has 1 saturated heterocycles. The summed E-state index contributed by atoms with van der Waals surface area (Å²) in [6.45, 7) is 5.10. The number of carbonyl (C=O) groups is 1. The Labute approximate surface area is 120 Å². The van der Waals surface area contributed by atoms with Crippen LogP contribution < -0.4 is 11.1 Å². The number of carbonyl (C=O) groups excluding carboxylic acids is 1. The van der Waals surface area contributed by atoms with E-state index in [9.17, 15) is 4.79 Å². The molecular formula is C15H25N3O2. The Morgan fingerprint density at radius 1 is 1.50 bits per heavy atom. The van der Waals surface area contributed by atoms with Crippen LogP contribution in [0.5, 0.6) is 0 Å². The molecule has 1 aromatic heterocycles. The molecule has 1 aliphatic rings. The SMILES string of the molecule is CCC(CN)C(=O)NCC(c1ccco1)N1CCCC1. The highest BCUT2D eigenvalue weighted by Gasteiger charge is 2.26. The van der Waals surface area contributed by atoms with E-state index < -0.39 is 0 Å². The fourth-order valence-electron chi connectivity index (χ4n) is 2.74. The average Bonchev–Trinajstić information content (AvgIpc) is 3.13. The maximum Gasteiger partial charge on any atom is 0.224 e. The molecule has 5 heteroatoms. The topological polar surface area (TPSA) is 71.5 Å². The lowest BCUT2D eigenvalue weighted by molar-refractivity contribution is -0.125. The maximum absolute atomic E-state index is 12.1. The second kappa shape index (κ2) is 7.45. The molecule has 1 fully saturated rings. The second-order valence-electron chi connectivity index (χ2n) is 5.36. The van der Waals surface area contributed by atoms with E-state index in [1.807, 2.05) is 19.1 Å². The van der Waals surface area contributed by atoms with Crippen LogP contribution >= 0.6 is 0 Å². The number of furan rings is 1. The molecule has 2 heterocycles. The van der Waals surface area contributed by atoms with Gasteiger partial charge in [-0.3, -0.25) is 9.69 Å². The monoisotopic (exact) mass is 279 g/mol. The van der Waals surface area contributed by atoms with Gasteiger partial charge in [0.05, 0.1) is 12.3 Å². The largest absolute Gasteiger partial charge is 0.468 e. The van der Waals surface area contributed by atoms with Crippen molar-refractivity contribution in [3.05, 3.63) is 24.2 Å². The smallest absolute Gasteiger partial charge is 0.224 e. The molecule has 3 N–H and O–H groups in total. The summed E-state index contributed by atoms with van der Waals surface area (Å²) in [5, 5.41) is 3.03. The summed E-state index contributed by atoms with van der Waals surface area (Å²) in [6.07, 6.45) is 4.89. The van der Waals surface area contributed by atoms with Crippen LogP contribution in [0.3, 0.4) is 0 Å². The number of likely N-dealkylation sites (tertiary alicyclic amines) is 1. The van der Waals surface area contributed by atoms with Crippen molar-refractivity contribution in [3.63, 3.8) is 0 Å². The van der Waals surface area contributed by atoms with Crippen LogP contribution in [0.25, 0.3) is 0 Å². The van der Waals surface area contributed by atoms with E-state index >= 15 is 0 Å². The number of hydrogen-bond donors (Lipinski definition) is 2. The number of nitrogens with one attached hydrogen (secondary N) is 1. The molecule has 0 spiro atoms. The predicted octanol–water partition coefficient (Wildman–Crippen LogP) is 1.52. The summed E-state index contributed by atoms with van der Waals surface area (Å²) in [4.78, 5) is 14.4. The lowest BCUT2D eigenvalue weighted by Crippen LogP contribution is -2.40. The molecule has 0 radical (unpaired) electrons. The van der Waals surface area contributed by atoms with Gasteiger partial charge in [0.25, 0.3) is 0 Å². The molecule has 2 unspecified atom stereocenters. The van der Waals surface area contributed by atoms with E-state index in [-0.39, 0.29) is 17.9 Å². The van der Waals surface area contributed by atoms with Crippen LogP contribution in [0.15, 0.2) is 22.8 Å². The normalized spacial score (nSPS) is 18.9. The first-order valence-electron chi connectivity index (χ1n) is 7.51.